The minimum atomic E-state index is 1.39. The minimum Gasteiger partial charge on any atom is -0.115 e. The molecule has 0 N–H and O–H groups in total. The number of allylic oxidation sites excluding steroid dienone is 3. The fraction of sp³-hybridized carbons (Fsp3) is 0. The summed E-state index contributed by atoms with van der Waals surface area (Å²) in [6, 6.07) is 0. The highest BCUT2D eigenvalue weighted by molar-refractivity contribution is 5.13. The fourth-order valence-electron chi connectivity index (χ4n) is 0.111. The van der Waals surface area contributed by atoms with Crippen LogP contribution >= 0.6 is 0 Å². The summed E-state index contributed by atoms with van der Waals surface area (Å²) in [4.78, 5) is 0. The van der Waals surface area contributed by atoms with Gasteiger partial charge < -0.3 is 0 Å². The SMILES string of the molecule is [CH]=C/C=C/C#C. The fourth-order valence-corrected chi connectivity index (χ4v) is 0.111. The molecule has 0 rings (SSSR count). The molecule has 6 heavy (non-hydrogen) atoms. The molecular weight excluding hydrogens is 72.1 g/mol. The minimum absolute atomic E-state index is 1.39. The molecular formula is C6H5. The number of rotatable bonds is 1. The Morgan fingerprint density at radius 3 is 2.33 bits per heavy atom. The maximum atomic E-state index is 4.91. The monoisotopic (exact) mass is 77.0 g/mol. The van der Waals surface area contributed by atoms with Crippen LogP contribution in [0.5, 0.6) is 0 Å². The Morgan fingerprint density at radius 1 is 1.50 bits per heavy atom. The summed E-state index contributed by atoms with van der Waals surface area (Å²) in [5.41, 5.74) is 0. The lowest BCUT2D eigenvalue weighted by atomic mass is 10.5. The lowest BCUT2D eigenvalue weighted by molar-refractivity contribution is 2.03. The summed E-state index contributed by atoms with van der Waals surface area (Å²) in [5, 5.41) is 0. The van der Waals surface area contributed by atoms with Crippen molar-refractivity contribution in [3.8, 4) is 12.3 Å². The highest BCUT2D eigenvalue weighted by Crippen LogP contribution is 1.65. The van der Waals surface area contributed by atoms with Crippen LogP contribution in [-0.2, 0) is 0 Å². The van der Waals surface area contributed by atoms with Gasteiger partial charge in [-0.2, -0.15) is 0 Å². The van der Waals surface area contributed by atoms with Gasteiger partial charge in [0.1, 0.15) is 0 Å². The van der Waals surface area contributed by atoms with Crippen LogP contribution in [-0.4, -0.2) is 0 Å². The summed E-state index contributed by atoms with van der Waals surface area (Å²) in [6.07, 6.45) is 9.32. The first-order chi connectivity index (χ1) is 2.91. The smallest absolute Gasteiger partial charge is 0.0122 e. The molecule has 29 valence electrons. The molecule has 0 aromatic rings. The molecule has 0 nitrogen and oxygen atoms in total. The van der Waals surface area contributed by atoms with Crippen molar-refractivity contribution in [2.24, 2.45) is 0 Å². The van der Waals surface area contributed by atoms with Gasteiger partial charge in [-0.15, -0.1) is 6.42 Å². The van der Waals surface area contributed by atoms with Crippen molar-refractivity contribution < 1.29 is 0 Å². The summed E-state index contributed by atoms with van der Waals surface area (Å²) in [6.45, 7) is 4.91. The van der Waals surface area contributed by atoms with Gasteiger partial charge in [0.2, 0.25) is 0 Å². The van der Waals surface area contributed by atoms with E-state index in [1.807, 2.05) is 0 Å². The van der Waals surface area contributed by atoms with Crippen LogP contribution in [0.25, 0.3) is 0 Å². The third kappa shape index (κ3) is 3.04. The highest BCUT2D eigenvalue weighted by Gasteiger charge is 1.47. The predicted molar refractivity (Wildman–Crippen MR) is 26.8 cm³/mol. The second-order valence-corrected chi connectivity index (χ2v) is 0.718. The van der Waals surface area contributed by atoms with Crippen LogP contribution in [0.3, 0.4) is 0 Å². The Kier molecular flexibility index (Phi) is 3.39. The summed E-state index contributed by atoms with van der Waals surface area (Å²) in [5.74, 6) is 2.28. The molecule has 0 aromatic heterocycles. The van der Waals surface area contributed by atoms with E-state index in [0.29, 0.717) is 0 Å². The molecule has 0 heteroatoms. The van der Waals surface area contributed by atoms with Gasteiger partial charge in [0, 0.05) is 0 Å². The van der Waals surface area contributed by atoms with Crippen molar-refractivity contribution >= 4 is 0 Å². The zero-order chi connectivity index (χ0) is 4.83. The van der Waals surface area contributed by atoms with Gasteiger partial charge in [-0.3, -0.25) is 0 Å². The van der Waals surface area contributed by atoms with E-state index in [1.165, 1.54) is 12.2 Å². The Bertz CT molecular complexity index is 91.1. The number of terminal acetylenes is 1. The van der Waals surface area contributed by atoms with E-state index in [1.54, 1.807) is 6.08 Å². The second kappa shape index (κ2) is 4.04. The van der Waals surface area contributed by atoms with Gasteiger partial charge in [-0.1, -0.05) is 24.7 Å². The van der Waals surface area contributed by atoms with Crippen LogP contribution in [0.1, 0.15) is 0 Å². The van der Waals surface area contributed by atoms with Crippen LogP contribution in [0.2, 0.25) is 0 Å². The molecule has 0 saturated carbocycles. The van der Waals surface area contributed by atoms with E-state index >= 15 is 0 Å². The number of hydrogen-bond donors (Lipinski definition) is 0. The van der Waals surface area contributed by atoms with Crippen molar-refractivity contribution in [3.05, 3.63) is 24.8 Å². The van der Waals surface area contributed by atoms with Gasteiger partial charge in [-0.05, 0) is 6.08 Å². The third-order valence-corrected chi connectivity index (χ3v) is 0.304. The van der Waals surface area contributed by atoms with Gasteiger partial charge in [0.15, 0.2) is 0 Å². The molecule has 0 saturated heterocycles. The van der Waals surface area contributed by atoms with Crippen molar-refractivity contribution in [1.82, 2.24) is 0 Å². The zero-order valence-electron chi connectivity index (χ0n) is 3.39. The largest absolute Gasteiger partial charge is 0.115 e. The maximum absolute atomic E-state index is 4.91. The van der Waals surface area contributed by atoms with Crippen molar-refractivity contribution in [2.45, 2.75) is 0 Å². The van der Waals surface area contributed by atoms with Crippen LogP contribution < -0.4 is 0 Å². The first-order valence-electron chi connectivity index (χ1n) is 1.58. The van der Waals surface area contributed by atoms with Gasteiger partial charge in [0.05, 0.1) is 0 Å². The average molecular weight is 77.1 g/mol. The second-order valence-electron chi connectivity index (χ2n) is 0.718. The molecule has 0 aliphatic heterocycles. The predicted octanol–water partition coefficient (Wildman–Crippen LogP) is 1.16. The third-order valence-electron chi connectivity index (χ3n) is 0.304. The van der Waals surface area contributed by atoms with Crippen LogP contribution in [0.4, 0.5) is 0 Å². The quantitative estimate of drug-likeness (QED) is 0.325. The first-order valence-corrected chi connectivity index (χ1v) is 1.58. The van der Waals surface area contributed by atoms with Gasteiger partial charge in [-0.25, -0.2) is 0 Å². The van der Waals surface area contributed by atoms with Crippen LogP contribution in [0.15, 0.2) is 18.2 Å². The van der Waals surface area contributed by atoms with E-state index in [9.17, 15) is 0 Å². The molecule has 0 unspecified atom stereocenters. The summed E-state index contributed by atoms with van der Waals surface area (Å²) in [7, 11) is 0. The maximum Gasteiger partial charge on any atom is -0.0122 e. The number of hydrogen-bond acceptors (Lipinski definition) is 0. The lowest BCUT2D eigenvalue weighted by Crippen LogP contribution is -1.40. The van der Waals surface area contributed by atoms with E-state index in [2.05, 4.69) is 5.92 Å². The van der Waals surface area contributed by atoms with Crippen molar-refractivity contribution in [2.75, 3.05) is 0 Å². The van der Waals surface area contributed by atoms with Crippen molar-refractivity contribution in [3.63, 3.8) is 0 Å². The van der Waals surface area contributed by atoms with Gasteiger partial charge >= 0.3 is 0 Å². The normalized spacial score (nSPS) is 7.83. The molecule has 0 spiro atoms. The standard InChI is InChI=1S/C6H5/c1-3-5-6-4-2/h1-3,5-6H/b3-1?,6-5+. The molecule has 0 aliphatic rings. The topological polar surface area (TPSA) is 0 Å². The molecule has 0 heterocycles. The Labute approximate surface area is 38.2 Å². The molecule has 0 bridgehead atoms. The first kappa shape index (κ1) is 5.04. The zero-order valence-corrected chi connectivity index (χ0v) is 3.39. The Morgan fingerprint density at radius 2 is 2.17 bits per heavy atom. The van der Waals surface area contributed by atoms with E-state index in [4.69, 9.17) is 13.0 Å². The van der Waals surface area contributed by atoms with Crippen LogP contribution in [0, 0.1) is 18.9 Å². The average Bonchev–Trinajstić information content (AvgIpc) is 1.61. The highest BCUT2D eigenvalue weighted by atomic mass is 13.5. The summed E-state index contributed by atoms with van der Waals surface area (Å²) >= 11 is 0. The lowest BCUT2D eigenvalue weighted by Gasteiger charge is -1.57. The van der Waals surface area contributed by atoms with E-state index in [0.717, 1.165) is 0 Å². The molecule has 0 atom stereocenters. The summed E-state index contributed by atoms with van der Waals surface area (Å²) < 4.78 is 0. The molecule has 1 radical (unpaired) electrons. The molecule has 0 aromatic carbocycles. The molecule has 0 fully saturated rings. The van der Waals surface area contributed by atoms with E-state index in [-0.39, 0.29) is 0 Å². The molecule has 0 amide bonds. The van der Waals surface area contributed by atoms with E-state index < -0.39 is 0 Å². The molecule has 0 aliphatic carbocycles. The van der Waals surface area contributed by atoms with Crippen molar-refractivity contribution in [1.29, 1.82) is 0 Å². The van der Waals surface area contributed by atoms with Gasteiger partial charge in [0.25, 0.3) is 0 Å². The Hall–Kier alpha value is -0.960. The Balaban J connectivity index is 3.26.